The number of hydrogen-bond acceptors (Lipinski definition) is 4. The molecule has 0 amide bonds. The number of esters is 1. The van der Waals surface area contributed by atoms with E-state index in [9.17, 15) is 14.9 Å². The topological polar surface area (TPSA) is 81.8 Å². The van der Waals surface area contributed by atoms with Gasteiger partial charge >= 0.3 is 5.97 Å². The largest absolute Gasteiger partial charge is 0.462 e. The Balaban J connectivity index is 1.63. The van der Waals surface area contributed by atoms with Crippen LogP contribution in [0.4, 0.5) is 0 Å². The highest BCUT2D eigenvalue weighted by Crippen LogP contribution is 2.67. The van der Waals surface area contributed by atoms with E-state index in [-0.39, 0.29) is 28.8 Å². The number of fused-ring (bicyclic) bond motifs is 5. The maximum atomic E-state index is 11.6. The second-order valence-electron chi connectivity index (χ2n) is 13.1. The van der Waals surface area contributed by atoms with Gasteiger partial charge in [0, 0.05) is 19.3 Å². The second kappa shape index (κ2) is 9.97. The number of hydrogen-bond donors (Lipinski definition) is 0. The van der Waals surface area contributed by atoms with Crippen LogP contribution >= 0.6 is 0 Å². The lowest BCUT2D eigenvalue weighted by Crippen LogP contribution is -2.54. The SMILES string of the molecule is CC(=O)OC1CCC2(C)C(=C/C(=N\[N+](=O)[O-])C3C2CCC2(C)C(C(C)CCCC(C)C)CCC32)C1. The van der Waals surface area contributed by atoms with E-state index in [0.717, 1.165) is 31.6 Å². The summed E-state index contributed by atoms with van der Waals surface area (Å²) in [6.07, 6.45) is 13.0. The highest BCUT2D eigenvalue weighted by atomic mass is 16.7. The first-order chi connectivity index (χ1) is 16.5. The number of rotatable bonds is 7. The Kier molecular flexibility index (Phi) is 7.51. The van der Waals surface area contributed by atoms with E-state index in [1.165, 1.54) is 44.6 Å². The van der Waals surface area contributed by atoms with E-state index in [1.807, 2.05) is 6.08 Å². The normalized spacial score (nSPS) is 40.5. The zero-order valence-electron chi connectivity index (χ0n) is 22.7. The summed E-state index contributed by atoms with van der Waals surface area (Å²) in [5, 5.41) is 15.1. The van der Waals surface area contributed by atoms with Crippen molar-refractivity contribution in [3.63, 3.8) is 0 Å². The molecule has 35 heavy (non-hydrogen) atoms. The van der Waals surface area contributed by atoms with Gasteiger partial charge in [-0.1, -0.05) is 59.5 Å². The number of carbonyl (C=O) groups excluding carboxylic acids is 1. The maximum Gasteiger partial charge on any atom is 0.302 e. The zero-order valence-corrected chi connectivity index (χ0v) is 22.7. The van der Waals surface area contributed by atoms with Crippen molar-refractivity contribution < 1.29 is 14.6 Å². The third-order valence-electron chi connectivity index (χ3n) is 10.7. The van der Waals surface area contributed by atoms with E-state index >= 15 is 0 Å². The fraction of sp³-hybridized carbons (Fsp3) is 0.862. The van der Waals surface area contributed by atoms with Crippen LogP contribution in [0.15, 0.2) is 16.8 Å². The van der Waals surface area contributed by atoms with Gasteiger partial charge in [-0.05, 0) is 85.0 Å². The van der Waals surface area contributed by atoms with Crippen molar-refractivity contribution in [2.75, 3.05) is 0 Å². The maximum absolute atomic E-state index is 11.6. The molecule has 0 aromatic rings. The van der Waals surface area contributed by atoms with Crippen LogP contribution in [0.3, 0.4) is 0 Å². The molecule has 3 fully saturated rings. The molecule has 4 rings (SSSR count). The Morgan fingerprint density at radius 3 is 2.54 bits per heavy atom. The molecule has 0 saturated heterocycles. The van der Waals surface area contributed by atoms with Crippen molar-refractivity contribution in [1.29, 1.82) is 0 Å². The molecular weight excluding hydrogens is 440 g/mol. The average molecular weight is 487 g/mol. The van der Waals surface area contributed by atoms with Crippen LogP contribution in [0.5, 0.6) is 0 Å². The summed E-state index contributed by atoms with van der Waals surface area (Å²) in [7, 11) is 0. The summed E-state index contributed by atoms with van der Waals surface area (Å²) in [4.78, 5) is 23.2. The van der Waals surface area contributed by atoms with Gasteiger partial charge in [0.05, 0.1) is 5.10 Å². The van der Waals surface area contributed by atoms with Crippen LogP contribution in [-0.4, -0.2) is 22.8 Å². The standard InChI is InChI=1S/C29H46N2O4/c1-18(2)8-7-9-19(3)23-10-11-24-27-25(13-15-29(23,24)6)28(5)14-12-22(35-20(4)32)16-21(28)17-26(27)30-31(33)34/h17-19,22-25,27H,7-16H2,1-6H3/b30-26+. The van der Waals surface area contributed by atoms with Gasteiger partial charge in [-0.15, -0.1) is 0 Å². The molecule has 3 saturated carbocycles. The van der Waals surface area contributed by atoms with Gasteiger partial charge < -0.3 is 4.74 Å². The summed E-state index contributed by atoms with van der Waals surface area (Å²) in [6.45, 7) is 13.4. The van der Waals surface area contributed by atoms with Gasteiger partial charge in [0.2, 0.25) is 0 Å². The highest BCUT2D eigenvalue weighted by Gasteiger charge is 2.61. The smallest absolute Gasteiger partial charge is 0.302 e. The predicted octanol–water partition coefficient (Wildman–Crippen LogP) is 7.20. The average Bonchev–Trinajstić information content (AvgIpc) is 3.10. The van der Waals surface area contributed by atoms with Crippen molar-refractivity contribution in [3.05, 3.63) is 21.8 Å². The van der Waals surface area contributed by atoms with Crippen molar-refractivity contribution >= 4 is 11.7 Å². The molecule has 0 radical (unpaired) electrons. The number of nitro groups is 1. The minimum Gasteiger partial charge on any atom is -0.462 e. The minimum atomic E-state index is -0.495. The summed E-state index contributed by atoms with van der Waals surface area (Å²) >= 11 is 0. The van der Waals surface area contributed by atoms with Crippen LogP contribution in [-0.2, 0) is 9.53 Å². The van der Waals surface area contributed by atoms with Gasteiger partial charge in [0.1, 0.15) is 11.8 Å². The molecule has 0 heterocycles. The fourth-order valence-corrected chi connectivity index (χ4v) is 8.94. The summed E-state index contributed by atoms with van der Waals surface area (Å²) in [5.41, 5.74) is 2.13. The molecule has 0 N–H and O–H groups in total. The number of carbonyl (C=O) groups is 1. The summed E-state index contributed by atoms with van der Waals surface area (Å²) < 4.78 is 5.56. The molecule has 8 unspecified atom stereocenters. The van der Waals surface area contributed by atoms with Crippen LogP contribution in [0.2, 0.25) is 0 Å². The van der Waals surface area contributed by atoms with Crippen LogP contribution < -0.4 is 0 Å². The monoisotopic (exact) mass is 486 g/mol. The Bertz CT molecular complexity index is 895. The van der Waals surface area contributed by atoms with Gasteiger partial charge in [0.15, 0.2) is 5.03 Å². The van der Waals surface area contributed by atoms with Gasteiger partial charge in [0.25, 0.3) is 0 Å². The molecule has 0 spiro atoms. The summed E-state index contributed by atoms with van der Waals surface area (Å²) in [6, 6.07) is 0. The van der Waals surface area contributed by atoms with E-state index in [4.69, 9.17) is 4.74 Å². The Morgan fingerprint density at radius 2 is 1.89 bits per heavy atom. The number of hydrazone groups is 1. The van der Waals surface area contributed by atoms with Gasteiger partial charge in [-0.25, -0.2) is 10.1 Å². The molecule has 8 atom stereocenters. The van der Waals surface area contributed by atoms with Gasteiger partial charge in [-0.2, -0.15) is 0 Å². The number of nitrogens with zero attached hydrogens (tertiary/aromatic N) is 2. The molecule has 0 aromatic carbocycles. The third kappa shape index (κ3) is 4.96. The van der Waals surface area contributed by atoms with Crippen molar-refractivity contribution in [1.82, 2.24) is 0 Å². The summed E-state index contributed by atoms with van der Waals surface area (Å²) in [5.74, 6) is 2.89. The van der Waals surface area contributed by atoms with Crippen LogP contribution in [0.1, 0.15) is 106 Å². The lowest BCUT2D eigenvalue weighted by Gasteiger charge is -2.58. The van der Waals surface area contributed by atoms with E-state index in [0.29, 0.717) is 35.8 Å². The zero-order chi connectivity index (χ0) is 25.5. The number of ether oxygens (including phenoxy) is 1. The fourth-order valence-electron chi connectivity index (χ4n) is 8.94. The minimum absolute atomic E-state index is 0.0131. The lowest BCUT2D eigenvalue weighted by molar-refractivity contribution is -0.485. The van der Waals surface area contributed by atoms with E-state index in [1.54, 1.807) is 0 Å². The predicted molar refractivity (Wildman–Crippen MR) is 138 cm³/mol. The molecular formula is C29H46N2O4. The van der Waals surface area contributed by atoms with Crippen molar-refractivity contribution in [2.24, 2.45) is 51.4 Å². The van der Waals surface area contributed by atoms with Crippen molar-refractivity contribution in [3.8, 4) is 0 Å². The molecule has 196 valence electrons. The first kappa shape index (κ1) is 26.3. The molecule has 0 bridgehead atoms. The Morgan fingerprint density at radius 1 is 1.14 bits per heavy atom. The molecule has 4 aliphatic carbocycles. The van der Waals surface area contributed by atoms with E-state index < -0.39 is 5.03 Å². The molecule has 0 aromatic heterocycles. The molecule has 4 aliphatic rings. The van der Waals surface area contributed by atoms with E-state index in [2.05, 4.69) is 39.7 Å². The lowest BCUT2D eigenvalue weighted by atomic mass is 9.46. The van der Waals surface area contributed by atoms with Crippen molar-refractivity contribution in [2.45, 2.75) is 112 Å². The number of allylic oxidation sites excluding steroid dienone is 1. The van der Waals surface area contributed by atoms with Gasteiger partial charge in [-0.3, -0.25) is 4.79 Å². The highest BCUT2D eigenvalue weighted by molar-refractivity contribution is 5.99. The Hall–Kier alpha value is -1.72. The molecule has 6 nitrogen and oxygen atoms in total. The van der Waals surface area contributed by atoms with Crippen LogP contribution in [0.25, 0.3) is 0 Å². The Labute approximate surface area is 211 Å². The first-order valence-electron chi connectivity index (χ1n) is 14.1. The van der Waals surface area contributed by atoms with Crippen LogP contribution in [0, 0.1) is 56.5 Å². The molecule has 0 aliphatic heterocycles. The molecule has 6 heteroatoms. The quantitative estimate of drug-likeness (QED) is 0.216. The second-order valence-corrected chi connectivity index (χ2v) is 13.1. The first-order valence-corrected chi connectivity index (χ1v) is 14.1. The third-order valence-corrected chi connectivity index (χ3v) is 10.7.